The SMILES string of the molecule is O=S(=O)([O-])[O-].[I-].[Sb+3]. The van der Waals surface area contributed by atoms with Crippen molar-refractivity contribution in [1.82, 2.24) is 0 Å². The summed E-state index contributed by atoms with van der Waals surface area (Å²) in [5, 5.41) is 0. The van der Waals surface area contributed by atoms with Crippen LogP contribution in [0.2, 0.25) is 0 Å². The molecule has 0 unspecified atom stereocenters. The summed E-state index contributed by atoms with van der Waals surface area (Å²) in [6.07, 6.45) is 0. The topological polar surface area (TPSA) is 80.3 Å². The van der Waals surface area contributed by atoms with Gasteiger partial charge in [-0.25, -0.2) is 0 Å². The maximum atomic E-state index is 8.52. The average Bonchev–Trinajstić information content (AvgIpc) is 0.722. The molecule has 0 aliphatic rings. The Labute approximate surface area is 75.7 Å². The first kappa shape index (κ1) is 15.8. The fraction of sp³-hybridized carbons (Fsp3) is 0. The van der Waals surface area contributed by atoms with Crippen molar-refractivity contribution in [3.63, 3.8) is 0 Å². The second kappa shape index (κ2) is 5.55. The van der Waals surface area contributed by atoms with Gasteiger partial charge in [-0.1, -0.05) is 0 Å². The fourth-order valence-corrected chi connectivity index (χ4v) is 0. The smallest absolute Gasteiger partial charge is 1.00 e. The van der Waals surface area contributed by atoms with Crippen LogP contribution in [0, 0.1) is 0 Å². The van der Waals surface area contributed by atoms with E-state index in [0.29, 0.717) is 0 Å². The van der Waals surface area contributed by atoms with E-state index in [0.717, 1.165) is 0 Å². The molecule has 0 saturated heterocycles. The molecule has 0 N–H and O–H groups in total. The van der Waals surface area contributed by atoms with Crippen molar-refractivity contribution in [2.45, 2.75) is 0 Å². The van der Waals surface area contributed by atoms with E-state index in [2.05, 4.69) is 0 Å². The first-order valence-corrected chi connectivity index (χ1v) is 2.00. The Morgan fingerprint density at radius 2 is 1.14 bits per heavy atom. The van der Waals surface area contributed by atoms with E-state index in [1.807, 2.05) is 0 Å². The second-order valence-electron chi connectivity index (χ2n) is 0.408. The van der Waals surface area contributed by atoms with Crippen LogP contribution in [0.5, 0.6) is 0 Å². The van der Waals surface area contributed by atoms with Gasteiger partial charge in [0.05, 0.1) is 0 Å². The molecule has 0 saturated carbocycles. The Hall–Kier alpha value is 1.42. The van der Waals surface area contributed by atoms with E-state index >= 15 is 0 Å². The molecule has 0 aliphatic carbocycles. The van der Waals surface area contributed by atoms with E-state index in [1.165, 1.54) is 0 Å². The van der Waals surface area contributed by atoms with Crippen LogP contribution >= 0.6 is 0 Å². The molecule has 42 valence electrons. The van der Waals surface area contributed by atoms with Crippen molar-refractivity contribution in [3.05, 3.63) is 0 Å². The summed E-state index contributed by atoms with van der Waals surface area (Å²) >= 11 is 0. The third kappa shape index (κ3) is 108. The minimum absolute atomic E-state index is 0. The molecule has 4 nitrogen and oxygen atoms in total. The Morgan fingerprint density at radius 1 is 1.14 bits per heavy atom. The first-order valence-electron chi connectivity index (χ1n) is 0.667. The van der Waals surface area contributed by atoms with Gasteiger partial charge in [-0.3, -0.25) is 8.42 Å². The minimum atomic E-state index is -5.17. The number of hydrogen-bond acceptors (Lipinski definition) is 4. The van der Waals surface area contributed by atoms with Crippen LogP contribution in [-0.2, 0) is 10.4 Å². The predicted octanol–water partition coefficient (Wildman–Crippen LogP) is -4.71. The van der Waals surface area contributed by atoms with Gasteiger partial charge in [0.25, 0.3) is 0 Å². The molecular weight excluding hydrogens is 345 g/mol. The molecule has 0 fully saturated rings. The molecule has 0 aliphatic heterocycles. The Bertz CT molecular complexity index is 94.9. The third-order valence-corrected chi connectivity index (χ3v) is 0. The molecule has 0 atom stereocenters. The van der Waals surface area contributed by atoms with Crippen LogP contribution in [0.15, 0.2) is 0 Å². The number of rotatable bonds is 0. The zero-order valence-corrected chi connectivity index (χ0v) is 8.39. The Balaban J connectivity index is -0.0000000800. The standard InChI is InChI=1S/HI.H2O4S.Sb/c;1-5(2,3)4;/h1H;(H2,1,2,3,4);/q;;+3/p-3. The maximum absolute atomic E-state index is 8.52. The normalized spacial score (nSPS) is 8.29. The van der Waals surface area contributed by atoms with Gasteiger partial charge in [-0.2, -0.15) is 0 Å². The van der Waals surface area contributed by atoms with E-state index in [4.69, 9.17) is 17.5 Å². The van der Waals surface area contributed by atoms with Crippen LogP contribution in [0.25, 0.3) is 0 Å². The molecule has 0 rings (SSSR count). The van der Waals surface area contributed by atoms with Crippen LogP contribution < -0.4 is 24.0 Å². The average molecular weight is 345 g/mol. The van der Waals surface area contributed by atoms with Crippen molar-refractivity contribution < 1.29 is 41.5 Å². The molecule has 7 heavy (non-hydrogen) atoms. The fourth-order valence-electron chi connectivity index (χ4n) is 0. The summed E-state index contributed by atoms with van der Waals surface area (Å²) in [6, 6.07) is 0. The third-order valence-electron chi connectivity index (χ3n) is 0. The maximum Gasteiger partial charge on any atom is 3.00 e. The molecule has 0 aromatic rings. The van der Waals surface area contributed by atoms with Gasteiger partial charge >= 0.3 is 24.4 Å². The second-order valence-corrected chi connectivity index (χ2v) is 1.22. The van der Waals surface area contributed by atoms with Crippen molar-refractivity contribution in [1.29, 1.82) is 0 Å². The van der Waals surface area contributed by atoms with Crippen LogP contribution in [-0.4, -0.2) is 42.0 Å². The zero-order chi connectivity index (χ0) is 4.50. The van der Waals surface area contributed by atoms with Crippen LogP contribution in [0.1, 0.15) is 0 Å². The molecule has 0 heterocycles. The van der Waals surface area contributed by atoms with Crippen LogP contribution in [0.4, 0.5) is 0 Å². The summed E-state index contributed by atoms with van der Waals surface area (Å²) in [5.74, 6) is 0. The molecule has 0 spiro atoms. The molecule has 2 radical (unpaired) electrons. The zero-order valence-electron chi connectivity index (χ0n) is 2.87. The van der Waals surface area contributed by atoms with Crippen molar-refractivity contribution in [3.8, 4) is 0 Å². The van der Waals surface area contributed by atoms with Gasteiger partial charge in [0, 0.05) is 10.4 Å². The molecule has 0 aromatic heterocycles. The number of hydrogen-bond donors (Lipinski definition) is 0. The molecular formula is IO4SSb. The van der Waals surface area contributed by atoms with E-state index in [1.54, 1.807) is 0 Å². The molecule has 7 heteroatoms. The van der Waals surface area contributed by atoms with Gasteiger partial charge in [0.15, 0.2) is 0 Å². The van der Waals surface area contributed by atoms with Gasteiger partial charge in [-0.15, -0.1) is 0 Å². The molecule has 0 aromatic carbocycles. The summed E-state index contributed by atoms with van der Waals surface area (Å²) in [5.41, 5.74) is 0. The molecule has 0 bridgehead atoms. The minimum Gasteiger partial charge on any atom is -1.00 e. The largest absolute Gasteiger partial charge is 3.00 e. The van der Waals surface area contributed by atoms with Crippen molar-refractivity contribution in [2.24, 2.45) is 0 Å². The quantitative estimate of drug-likeness (QED) is 0.191. The van der Waals surface area contributed by atoms with Crippen molar-refractivity contribution in [2.75, 3.05) is 0 Å². The summed E-state index contributed by atoms with van der Waals surface area (Å²) < 4.78 is 34.1. The van der Waals surface area contributed by atoms with E-state index in [-0.39, 0.29) is 48.4 Å². The summed E-state index contributed by atoms with van der Waals surface area (Å²) in [7, 11) is -5.17. The Kier molecular flexibility index (Phi) is 12.5. The summed E-state index contributed by atoms with van der Waals surface area (Å²) in [4.78, 5) is 0. The van der Waals surface area contributed by atoms with Gasteiger partial charge in [0.2, 0.25) is 0 Å². The van der Waals surface area contributed by atoms with Gasteiger partial charge in [0.1, 0.15) is 0 Å². The van der Waals surface area contributed by atoms with Gasteiger partial charge < -0.3 is 33.1 Å². The predicted molar refractivity (Wildman–Crippen MR) is 16.2 cm³/mol. The summed E-state index contributed by atoms with van der Waals surface area (Å²) in [6.45, 7) is 0. The molecule has 0 amide bonds. The number of halogens is 1. The first-order chi connectivity index (χ1) is 2.00. The van der Waals surface area contributed by atoms with Gasteiger partial charge in [-0.05, 0) is 0 Å². The van der Waals surface area contributed by atoms with Crippen LogP contribution in [0.3, 0.4) is 0 Å². The van der Waals surface area contributed by atoms with E-state index < -0.39 is 10.4 Å². The van der Waals surface area contributed by atoms with E-state index in [9.17, 15) is 0 Å². The monoisotopic (exact) mass is 344 g/mol. The van der Waals surface area contributed by atoms with Crippen molar-refractivity contribution >= 4 is 34.8 Å². The Morgan fingerprint density at radius 3 is 1.14 bits per heavy atom.